The van der Waals surface area contributed by atoms with Crippen molar-refractivity contribution in [2.24, 2.45) is 0 Å². The highest BCUT2D eigenvalue weighted by Gasteiger charge is 2.12. The zero-order chi connectivity index (χ0) is 15.5. The van der Waals surface area contributed by atoms with Crippen LogP contribution in [0.1, 0.15) is 24.2 Å². The predicted octanol–water partition coefficient (Wildman–Crippen LogP) is 3.71. The van der Waals surface area contributed by atoms with Crippen LogP contribution in [0.5, 0.6) is 0 Å². The highest BCUT2D eigenvalue weighted by atomic mass is 16.2. The van der Waals surface area contributed by atoms with Crippen molar-refractivity contribution >= 4 is 16.8 Å². The Morgan fingerprint density at radius 2 is 1.82 bits per heavy atom. The second kappa shape index (κ2) is 6.02. The molecular weight excluding hydrogens is 274 g/mol. The fraction of sp³-hybridized carbons (Fsp3) is 0.222. The molecule has 0 aliphatic carbocycles. The SMILES string of the molecule is CCN(CC)C(=O)c1ccc(-c2cccc3[nH]ncc23)cc1. The lowest BCUT2D eigenvalue weighted by atomic mass is 10.0. The number of hydrogen-bond acceptors (Lipinski definition) is 2. The summed E-state index contributed by atoms with van der Waals surface area (Å²) < 4.78 is 0. The van der Waals surface area contributed by atoms with E-state index in [4.69, 9.17) is 0 Å². The molecule has 0 unspecified atom stereocenters. The van der Waals surface area contributed by atoms with Gasteiger partial charge in [-0.1, -0.05) is 24.3 Å². The maximum atomic E-state index is 12.3. The van der Waals surface area contributed by atoms with Crippen molar-refractivity contribution in [3.63, 3.8) is 0 Å². The zero-order valence-electron chi connectivity index (χ0n) is 12.8. The van der Waals surface area contributed by atoms with Crippen molar-refractivity contribution in [2.45, 2.75) is 13.8 Å². The quantitative estimate of drug-likeness (QED) is 0.797. The summed E-state index contributed by atoms with van der Waals surface area (Å²) in [5.41, 5.74) is 3.95. The molecule has 0 aliphatic heterocycles. The minimum Gasteiger partial charge on any atom is -0.339 e. The Hall–Kier alpha value is -2.62. The number of nitrogens with one attached hydrogen (secondary N) is 1. The van der Waals surface area contributed by atoms with E-state index in [1.807, 2.05) is 61.3 Å². The normalized spacial score (nSPS) is 10.8. The first-order valence-corrected chi connectivity index (χ1v) is 7.56. The van der Waals surface area contributed by atoms with Gasteiger partial charge in [-0.05, 0) is 43.2 Å². The van der Waals surface area contributed by atoms with E-state index in [9.17, 15) is 4.79 Å². The summed E-state index contributed by atoms with van der Waals surface area (Å²) in [5.74, 6) is 0.0815. The lowest BCUT2D eigenvalue weighted by Gasteiger charge is -2.18. The average Bonchev–Trinajstić information content (AvgIpc) is 3.04. The minimum atomic E-state index is 0.0815. The summed E-state index contributed by atoms with van der Waals surface area (Å²) in [6, 6.07) is 13.9. The van der Waals surface area contributed by atoms with Gasteiger partial charge in [0.15, 0.2) is 0 Å². The van der Waals surface area contributed by atoms with Crippen molar-refractivity contribution < 1.29 is 4.79 Å². The summed E-state index contributed by atoms with van der Waals surface area (Å²) in [4.78, 5) is 14.2. The molecule has 0 atom stereocenters. The fourth-order valence-corrected chi connectivity index (χ4v) is 2.71. The van der Waals surface area contributed by atoms with Crippen LogP contribution < -0.4 is 0 Å². The van der Waals surface area contributed by atoms with Crippen LogP contribution in [0.4, 0.5) is 0 Å². The number of benzene rings is 2. The van der Waals surface area contributed by atoms with E-state index < -0.39 is 0 Å². The van der Waals surface area contributed by atoms with Crippen LogP contribution >= 0.6 is 0 Å². The molecule has 0 bridgehead atoms. The Labute approximate surface area is 129 Å². The lowest BCUT2D eigenvalue weighted by molar-refractivity contribution is 0.0773. The molecular formula is C18H19N3O. The molecule has 3 rings (SSSR count). The number of fused-ring (bicyclic) bond motifs is 1. The van der Waals surface area contributed by atoms with Crippen LogP contribution in [-0.2, 0) is 0 Å². The van der Waals surface area contributed by atoms with Crippen LogP contribution in [0.15, 0.2) is 48.7 Å². The number of rotatable bonds is 4. The summed E-state index contributed by atoms with van der Waals surface area (Å²) >= 11 is 0. The molecule has 1 N–H and O–H groups in total. The number of carbonyl (C=O) groups is 1. The number of H-pyrrole nitrogens is 1. The first-order chi connectivity index (χ1) is 10.7. The molecule has 112 valence electrons. The Kier molecular flexibility index (Phi) is 3.92. The van der Waals surface area contributed by atoms with E-state index in [0.29, 0.717) is 0 Å². The topological polar surface area (TPSA) is 49.0 Å². The molecule has 0 radical (unpaired) electrons. The molecule has 0 saturated heterocycles. The molecule has 22 heavy (non-hydrogen) atoms. The second-order valence-electron chi connectivity index (χ2n) is 5.19. The van der Waals surface area contributed by atoms with Gasteiger partial charge in [0.05, 0.1) is 11.7 Å². The minimum absolute atomic E-state index is 0.0815. The first-order valence-electron chi connectivity index (χ1n) is 7.56. The van der Waals surface area contributed by atoms with Crippen LogP contribution in [-0.4, -0.2) is 34.1 Å². The molecule has 0 saturated carbocycles. The molecule has 0 aliphatic rings. The molecule has 1 aromatic heterocycles. The molecule has 4 heteroatoms. The third-order valence-corrected chi connectivity index (χ3v) is 3.98. The Balaban J connectivity index is 1.95. The molecule has 0 spiro atoms. The van der Waals surface area contributed by atoms with Crippen LogP contribution in [0.3, 0.4) is 0 Å². The Bertz CT molecular complexity index is 785. The second-order valence-corrected chi connectivity index (χ2v) is 5.19. The first kappa shape index (κ1) is 14.3. The summed E-state index contributed by atoms with van der Waals surface area (Å²) in [6.07, 6.45) is 1.83. The molecule has 0 fully saturated rings. The maximum absolute atomic E-state index is 12.3. The van der Waals surface area contributed by atoms with Crippen LogP contribution in [0.25, 0.3) is 22.0 Å². The molecule has 4 nitrogen and oxygen atoms in total. The molecule has 1 amide bonds. The van der Waals surface area contributed by atoms with Crippen molar-refractivity contribution in [3.05, 3.63) is 54.2 Å². The number of amides is 1. The lowest BCUT2D eigenvalue weighted by Crippen LogP contribution is -2.30. The van der Waals surface area contributed by atoms with Crippen molar-refractivity contribution in [2.75, 3.05) is 13.1 Å². The summed E-state index contributed by atoms with van der Waals surface area (Å²) in [5, 5.41) is 8.16. The predicted molar refractivity (Wildman–Crippen MR) is 88.8 cm³/mol. The standard InChI is InChI=1S/C18H19N3O/c1-3-21(4-2)18(22)14-10-8-13(9-11-14)15-6-5-7-17-16(15)12-19-20-17/h5-12H,3-4H2,1-2H3,(H,19,20). The van der Waals surface area contributed by atoms with E-state index >= 15 is 0 Å². The largest absolute Gasteiger partial charge is 0.339 e. The average molecular weight is 293 g/mol. The van der Waals surface area contributed by atoms with Crippen LogP contribution in [0.2, 0.25) is 0 Å². The number of aromatic amines is 1. The van der Waals surface area contributed by atoms with Gasteiger partial charge < -0.3 is 4.90 Å². The van der Waals surface area contributed by atoms with Gasteiger partial charge in [-0.15, -0.1) is 0 Å². The monoisotopic (exact) mass is 293 g/mol. The summed E-state index contributed by atoms with van der Waals surface area (Å²) in [7, 11) is 0. The maximum Gasteiger partial charge on any atom is 0.253 e. The third-order valence-electron chi connectivity index (χ3n) is 3.98. The van der Waals surface area contributed by atoms with E-state index in [2.05, 4.69) is 16.3 Å². The van der Waals surface area contributed by atoms with E-state index in [1.165, 1.54) is 0 Å². The smallest absolute Gasteiger partial charge is 0.253 e. The molecule has 3 aromatic rings. The van der Waals surface area contributed by atoms with E-state index in [0.717, 1.165) is 40.7 Å². The van der Waals surface area contributed by atoms with Gasteiger partial charge in [-0.2, -0.15) is 5.10 Å². The van der Waals surface area contributed by atoms with Gasteiger partial charge in [0.1, 0.15) is 0 Å². The van der Waals surface area contributed by atoms with Gasteiger partial charge >= 0.3 is 0 Å². The van der Waals surface area contributed by atoms with Gasteiger partial charge in [0, 0.05) is 24.0 Å². The van der Waals surface area contributed by atoms with Gasteiger partial charge in [0.25, 0.3) is 5.91 Å². The highest BCUT2D eigenvalue weighted by Crippen LogP contribution is 2.27. The summed E-state index contributed by atoms with van der Waals surface area (Å²) in [6.45, 7) is 5.45. The Morgan fingerprint density at radius 3 is 2.50 bits per heavy atom. The van der Waals surface area contributed by atoms with Crippen LogP contribution in [0, 0.1) is 0 Å². The van der Waals surface area contributed by atoms with Gasteiger partial charge in [-0.3, -0.25) is 9.89 Å². The molecule has 1 heterocycles. The van der Waals surface area contributed by atoms with E-state index in [1.54, 1.807) is 0 Å². The van der Waals surface area contributed by atoms with Crippen molar-refractivity contribution in [3.8, 4) is 11.1 Å². The number of hydrogen-bond donors (Lipinski definition) is 1. The van der Waals surface area contributed by atoms with E-state index in [-0.39, 0.29) is 5.91 Å². The third kappa shape index (κ3) is 2.48. The Morgan fingerprint density at radius 1 is 1.09 bits per heavy atom. The zero-order valence-corrected chi connectivity index (χ0v) is 12.8. The number of carbonyl (C=O) groups excluding carboxylic acids is 1. The van der Waals surface area contributed by atoms with Gasteiger partial charge in [-0.25, -0.2) is 0 Å². The van der Waals surface area contributed by atoms with Crippen molar-refractivity contribution in [1.29, 1.82) is 0 Å². The van der Waals surface area contributed by atoms with Gasteiger partial charge in [0.2, 0.25) is 0 Å². The fourth-order valence-electron chi connectivity index (χ4n) is 2.71. The molecule has 2 aromatic carbocycles. The highest BCUT2D eigenvalue weighted by molar-refractivity contribution is 5.97. The van der Waals surface area contributed by atoms with Crippen molar-refractivity contribution in [1.82, 2.24) is 15.1 Å². The number of nitrogens with zero attached hydrogens (tertiary/aromatic N) is 2. The number of aromatic nitrogens is 2.